The summed E-state index contributed by atoms with van der Waals surface area (Å²) in [5.41, 5.74) is -3.11. The Balaban J connectivity index is 2.47. The van der Waals surface area contributed by atoms with Gasteiger partial charge in [0.2, 0.25) is 0 Å². The summed E-state index contributed by atoms with van der Waals surface area (Å²) in [4.78, 5) is -0.479. The molecule has 2 aromatic carbocycles. The molecule has 0 saturated carbocycles. The third kappa shape index (κ3) is 3.46. The average Bonchev–Trinajstić information content (AvgIpc) is 2.44. The molecule has 0 atom stereocenters. The van der Waals surface area contributed by atoms with Gasteiger partial charge in [0.05, 0.1) is 11.3 Å². The fraction of sp³-hybridized carbons (Fsp3) is 0.0714. The maximum atomic E-state index is 13.5. The highest BCUT2D eigenvalue weighted by Crippen LogP contribution is 2.35. The molecule has 0 spiro atoms. The number of hydrogen-bond acceptors (Lipinski definition) is 3. The normalized spacial score (nSPS) is 11.8. The van der Waals surface area contributed by atoms with Gasteiger partial charge in [-0.15, -0.1) is 0 Å². The first kappa shape index (κ1) is 17.7. The highest BCUT2D eigenvalue weighted by atomic mass is 32.2. The van der Waals surface area contributed by atoms with Crippen LogP contribution in [-0.2, 0) is 16.2 Å². The van der Waals surface area contributed by atoms with Crippen molar-refractivity contribution < 1.29 is 30.4 Å². The van der Waals surface area contributed by atoms with Gasteiger partial charge >= 0.3 is 6.18 Å². The van der Waals surface area contributed by atoms with Crippen molar-refractivity contribution in [3.63, 3.8) is 0 Å². The van der Waals surface area contributed by atoms with E-state index in [0.29, 0.717) is 0 Å². The molecule has 0 heterocycles. The Hall–Kier alpha value is -2.67. The highest BCUT2D eigenvalue weighted by molar-refractivity contribution is 7.92. The quantitative estimate of drug-likeness (QED) is 0.848. The molecular formula is C14H7F5N2O2S. The fourth-order valence-corrected chi connectivity index (χ4v) is 3.11. The van der Waals surface area contributed by atoms with E-state index in [4.69, 9.17) is 5.26 Å². The van der Waals surface area contributed by atoms with Crippen LogP contribution < -0.4 is 4.72 Å². The van der Waals surface area contributed by atoms with Crippen LogP contribution in [0, 0.1) is 23.0 Å². The van der Waals surface area contributed by atoms with E-state index in [1.54, 1.807) is 10.8 Å². The molecule has 0 radical (unpaired) electrons. The van der Waals surface area contributed by atoms with Crippen LogP contribution in [0.25, 0.3) is 0 Å². The Bertz CT molecular complexity index is 910. The summed E-state index contributed by atoms with van der Waals surface area (Å²) in [6.45, 7) is 0. The van der Waals surface area contributed by atoms with E-state index in [0.717, 1.165) is 6.07 Å². The number of nitrogens with one attached hydrogen (secondary N) is 1. The number of alkyl halides is 3. The molecule has 0 fully saturated rings. The number of sulfonamides is 1. The van der Waals surface area contributed by atoms with Crippen LogP contribution in [0.1, 0.15) is 11.1 Å². The number of benzene rings is 2. The Labute approximate surface area is 133 Å². The third-order valence-corrected chi connectivity index (χ3v) is 4.31. The minimum absolute atomic E-state index is 0.207. The van der Waals surface area contributed by atoms with Crippen molar-refractivity contribution in [2.75, 3.05) is 4.72 Å². The van der Waals surface area contributed by atoms with E-state index < -0.39 is 44.0 Å². The summed E-state index contributed by atoms with van der Waals surface area (Å²) in [6, 6.07) is 7.01. The number of nitrogens with zero attached hydrogens (tertiary/aromatic N) is 1. The van der Waals surface area contributed by atoms with Crippen LogP contribution >= 0.6 is 0 Å². The van der Waals surface area contributed by atoms with Gasteiger partial charge in [-0.25, -0.2) is 17.2 Å². The van der Waals surface area contributed by atoms with Gasteiger partial charge in [0.1, 0.15) is 28.2 Å². The summed E-state index contributed by atoms with van der Waals surface area (Å²) in [5, 5.41) is 8.87. The van der Waals surface area contributed by atoms with E-state index in [1.165, 1.54) is 18.2 Å². The highest BCUT2D eigenvalue weighted by Gasteiger charge is 2.38. The molecule has 0 aliphatic carbocycles. The van der Waals surface area contributed by atoms with Crippen molar-refractivity contribution in [3.8, 4) is 6.07 Å². The van der Waals surface area contributed by atoms with Gasteiger partial charge in [0, 0.05) is 0 Å². The first-order valence-corrected chi connectivity index (χ1v) is 7.63. The van der Waals surface area contributed by atoms with Crippen molar-refractivity contribution in [2.45, 2.75) is 11.1 Å². The van der Waals surface area contributed by atoms with Crippen LogP contribution in [0.5, 0.6) is 0 Å². The van der Waals surface area contributed by atoms with Crippen LogP contribution in [0.4, 0.5) is 27.6 Å². The summed E-state index contributed by atoms with van der Waals surface area (Å²) >= 11 is 0. The Morgan fingerprint density at radius 2 is 1.58 bits per heavy atom. The Kier molecular flexibility index (Phi) is 4.48. The zero-order valence-electron chi connectivity index (χ0n) is 11.5. The minimum Gasteiger partial charge on any atom is -0.279 e. The number of nitriles is 1. The second-order valence-electron chi connectivity index (χ2n) is 4.53. The van der Waals surface area contributed by atoms with Gasteiger partial charge in [0.25, 0.3) is 10.0 Å². The minimum atomic E-state index is -5.26. The number of halogens is 5. The van der Waals surface area contributed by atoms with Crippen LogP contribution in [0.3, 0.4) is 0 Å². The first-order valence-electron chi connectivity index (χ1n) is 6.14. The molecular weight excluding hydrogens is 355 g/mol. The summed E-state index contributed by atoms with van der Waals surface area (Å²) in [5.74, 6) is -3.93. The lowest BCUT2D eigenvalue weighted by molar-refractivity contribution is -0.142. The van der Waals surface area contributed by atoms with Crippen LogP contribution in [-0.4, -0.2) is 8.42 Å². The molecule has 1 N–H and O–H groups in total. The van der Waals surface area contributed by atoms with E-state index in [2.05, 4.69) is 0 Å². The van der Waals surface area contributed by atoms with E-state index >= 15 is 0 Å². The van der Waals surface area contributed by atoms with Gasteiger partial charge in [-0.2, -0.15) is 18.4 Å². The molecule has 0 saturated heterocycles. The molecule has 0 aliphatic heterocycles. The maximum absolute atomic E-state index is 13.5. The second kappa shape index (κ2) is 6.09. The fourth-order valence-electron chi connectivity index (χ4n) is 1.91. The van der Waals surface area contributed by atoms with Crippen molar-refractivity contribution in [1.29, 1.82) is 5.26 Å². The lowest BCUT2D eigenvalue weighted by Crippen LogP contribution is -2.16. The average molecular weight is 362 g/mol. The Morgan fingerprint density at radius 3 is 2.08 bits per heavy atom. The number of anilines is 1. The lowest BCUT2D eigenvalue weighted by Gasteiger charge is -2.13. The molecule has 2 aromatic rings. The lowest BCUT2D eigenvalue weighted by atomic mass is 10.1. The molecule has 10 heteroatoms. The zero-order valence-corrected chi connectivity index (χ0v) is 12.3. The second-order valence-corrected chi connectivity index (χ2v) is 6.18. The predicted molar refractivity (Wildman–Crippen MR) is 73.3 cm³/mol. The maximum Gasteiger partial charge on any atom is 0.422 e. The van der Waals surface area contributed by atoms with Gasteiger partial charge in [-0.05, 0) is 24.3 Å². The standard InChI is InChI=1S/C14H7F5N2O2S/c15-10-5-9(6-11(16)13(10)14(17,18)19)21-24(22,23)12-4-2-1-3-8(12)7-20/h1-6,21H. The van der Waals surface area contributed by atoms with E-state index in [-0.39, 0.29) is 17.7 Å². The molecule has 0 unspecified atom stereocenters. The van der Waals surface area contributed by atoms with Gasteiger partial charge in [-0.3, -0.25) is 4.72 Å². The molecule has 0 aliphatic rings. The molecule has 0 bridgehead atoms. The first-order chi connectivity index (χ1) is 11.1. The number of hydrogen-bond donors (Lipinski definition) is 1. The smallest absolute Gasteiger partial charge is 0.279 e. The van der Waals surface area contributed by atoms with Crippen molar-refractivity contribution in [3.05, 3.63) is 59.2 Å². The zero-order chi connectivity index (χ0) is 18.1. The Morgan fingerprint density at radius 1 is 1.04 bits per heavy atom. The topological polar surface area (TPSA) is 70.0 Å². The predicted octanol–water partition coefficient (Wildman–Crippen LogP) is 3.66. The molecule has 126 valence electrons. The number of rotatable bonds is 3. The monoisotopic (exact) mass is 362 g/mol. The summed E-state index contributed by atoms with van der Waals surface area (Å²) in [6.07, 6.45) is -5.26. The van der Waals surface area contributed by atoms with Crippen LogP contribution in [0.2, 0.25) is 0 Å². The van der Waals surface area contributed by atoms with Crippen molar-refractivity contribution in [2.24, 2.45) is 0 Å². The van der Waals surface area contributed by atoms with E-state index in [9.17, 15) is 30.4 Å². The van der Waals surface area contributed by atoms with Crippen molar-refractivity contribution in [1.82, 2.24) is 0 Å². The SMILES string of the molecule is N#Cc1ccccc1S(=O)(=O)Nc1cc(F)c(C(F)(F)F)c(F)c1. The van der Waals surface area contributed by atoms with Gasteiger partial charge < -0.3 is 0 Å². The van der Waals surface area contributed by atoms with Gasteiger partial charge in [-0.1, -0.05) is 12.1 Å². The van der Waals surface area contributed by atoms with Crippen LogP contribution in [0.15, 0.2) is 41.3 Å². The van der Waals surface area contributed by atoms with Crippen molar-refractivity contribution >= 4 is 15.7 Å². The third-order valence-electron chi connectivity index (χ3n) is 2.87. The molecule has 2 rings (SSSR count). The molecule has 24 heavy (non-hydrogen) atoms. The molecule has 0 aromatic heterocycles. The molecule has 0 amide bonds. The van der Waals surface area contributed by atoms with E-state index in [1.807, 2.05) is 0 Å². The summed E-state index contributed by atoms with van der Waals surface area (Å²) in [7, 11) is -4.43. The molecule has 4 nitrogen and oxygen atoms in total. The summed E-state index contributed by atoms with van der Waals surface area (Å²) < 4.78 is 90.5. The van der Waals surface area contributed by atoms with Gasteiger partial charge in [0.15, 0.2) is 0 Å². The largest absolute Gasteiger partial charge is 0.422 e.